The van der Waals surface area contributed by atoms with Crippen molar-refractivity contribution in [2.75, 3.05) is 5.75 Å². The van der Waals surface area contributed by atoms with Gasteiger partial charge in [-0.2, -0.15) is 12.6 Å². The normalized spacial score (nSPS) is 17.2. The van der Waals surface area contributed by atoms with Gasteiger partial charge in [0.25, 0.3) is 0 Å². The molecule has 0 radical (unpaired) electrons. The third-order valence-electron chi connectivity index (χ3n) is 1.93. The lowest BCUT2D eigenvalue weighted by Crippen LogP contribution is -2.46. The van der Waals surface area contributed by atoms with E-state index in [1.54, 1.807) is 0 Å². The first kappa shape index (κ1) is 11.2. The molecule has 1 fully saturated rings. The van der Waals surface area contributed by atoms with E-state index in [2.05, 4.69) is 23.3 Å². The van der Waals surface area contributed by atoms with Crippen LogP contribution in [0.3, 0.4) is 0 Å². The molecular formula is C8H14N2O3S. The molecule has 1 unspecified atom stereocenters. The Labute approximate surface area is 87.7 Å². The van der Waals surface area contributed by atoms with E-state index in [-0.39, 0.29) is 6.04 Å². The first-order valence-electron chi connectivity index (χ1n) is 4.54. The molecule has 0 bridgehead atoms. The maximum Gasteiger partial charge on any atom is 0.326 e. The van der Waals surface area contributed by atoms with Crippen LogP contribution in [0.4, 0.5) is 4.79 Å². The van der Waals surface area contributed by atoms with Crippen LogP contribution >= 0.6 is 12.6 Å². The van der Waals surface area contributed by atoms with E-state index >= 15 is 0 Å². The zero-order chi connectivity index (χ0) is 10.6. The number of urea groups is 1. The first-order chi connectivity index (χ1) is 6.63. The summed E-state index contributed by atoms with van der Waals surface area (Å²) < 4.78 is 0. The zero-order valence-corrected chi connectivity index (χ0v) is 8.59. The van der Waals surface area contributed by atoms with Crippen molar-refractivity contribution in [3.63, 3.8) is 0 Å². The fraction of sp³-hybridized carbons (Fsp3) is 0.750. The summed E-state index contributed by atoms with van der Waals surface area (Å²) in [4.78, 5) is 21.8. The summed E-state index contributed by atoms with van der Waals surface area (Å²) in [5.74, 6) is -0.592. The van der Waals surface area contributed by atoms with Crippen molar-refractivity contribution in [3.05, 3.63) is 0 Å². The Kier molecular flexibility index (Phi) is 4.06. The van der Waals surface area contributed by atoms with Crippen LogP contribution in [0.2, 0.25) is 0 Å². The van der Waals surface area contributed by atoms with Gasteiger partial charge >= 0.3 is 12.0 Å². The molecule has 1 aliphatic carbocycles. The Bertz CT molecular complexity index is 231. The summed E-state index contributed by atoms with van der Waals surface area (Å²) in [7, 11) is 0. The number of rotatable bonds is 5. The van der Waals surface area contributed by atoms with E-state index in [9.17, 15) is 9.59 Å². The minimum Gasteiger partial charge on any atom is -0.480 e. The minimum atomic E-state index is -1.02. The van der Waals surface area contributed by atoms with Crippen LogP contribution < -0.4 is 10.6 Å². The minimum absolute atomic E-state index is 0.237. The Morgan fingerprint density at radius 1 is 1.50 bits per heavy atom. The lowest BCUT2D eigenvalue weighted by atomic mass is 10.2. The highest BCUT2D eigenvalue weighted by molar-refractivity contribution is 7.80. The van der Waals surface area contributed by atoms with Crippen molar-refractivity contribution < 1.29 is 14.7 Å². The highest BCUT2D eigenvalue weighted by Crippen LogP contribution is 2.18. The average molecular weight is 218 g/mol. The molecule has 1 rings (SSSR count). The fourth-order valence-electron chi connectivity index (χ4n) is 0.999. The molecule has 1 aliphatic rings. The number of carboxylic acids is 1. The van der Waals surface area contributed by atoms with Crippen LogP contribution in [0.5, 0.6) is 0 Å². The van der Waals surface area contributed by atoms with Crippen LogP contribution in [0.1, 0.15) is 19.3 Å². The van der Waals surface area contributed by atoms with E-state index in [0.29, 0.717) is 12.2 Å². The molecule has 0 aromatic heterocycles. The lowest BCUT2D eigenvalue weighted by Gasteiger charge is -2.13. The van der Waals surface area contributed by atoms with Crippen LogP contribution in [0, 0.1) is 0 Å². The number of hydrogen-bond acceptors (Lipinski definition) is 3. The second-order valence-electron chi connectivity index (χ2n) is 3.30. The van der Waals surface area contributed by atoms with Crippen molar-refractivity contribution in [2.24, 2.45) is 0 Å². The largest absolute Gasteiger partial charge is 0.480 e. The Hall–Kier alpha value is -0.910. The number of nitrogens with one attached hydrogen (secondary N) is 2. The molecule has 80 valence electrons. The second-order valence-corrected chi connectivity index (χ2v) is 3.74. The second kappa shape index (κ2) is 5.09. The first-order valence-corrected chi connectivity index (χ1v) is 5.17. The molecule has 14 heavy (non-hydrogen) atoms. The summed E-state index contributed by atoms with van der Waals surface area (Å²) in [6.45, 7) is 0. The quantitative estimate of drug-likeness (QED) is 0.498. The van der Waals surface area contributed by atoms with Gasteiger partial charge in [-0.05, 0) is 25.0 Å². The number of carbonyl (C=O) groups is 2. The maximum absolute atomic E-state index is 11.2. The van der Waals surface area contributed by atoms with Crippen molar-refractivity contribution in [3.8, 4) is 0 Å². The molecule has 0 aliphatic heterocycles. The molecule has 2 amide bonds. The van der Waals surface area contributed by atoms with Crippen molar-refractivity contribution in [2.45, 2.75) is 31.3 Å². The smallest absolute Gasteiger partial charge is 0.326 e. The monoisotopic (exact) mass is 218 g/mol. The van der Waals surface area contributed by atoms with E-state index in [0.717, 1.165) is 12.8 Å². The molecule has 0 saturated heterocycles. The molecule has 6 heteroatoms. The van der Waals surface area contributed by atoms with Gasteiger partial charge in [0.05, 0.1) is 0 Å². The average Bonchev–Trinajstić information content (AvgIpc) is 2.87. The van der Waals surface area contributed by atoms with Crippen LogP contribution in [0.15, 0.2) is 0 Å². The molecule has 3 N–H and O–H groups in total. The summed E-state index contributed by atoms with van der Waals surface area (Å²) in [5.41, 5.74) is 0. The maximum atomic E-state index is 11.2. The Balaban J connectivity index is 2.29. The molecule has 1 saturated carbocycles. The predicted octanol–water partition coefficient (Wildman–Crippen LogP) is 0.221. The Morgan fingerprint density at radius 2 is 2.14 bits per heavy atom. The third kappa shape index (κ3) is 3.87. The summed E-state index contributed by atoms with van der Waals surface area (Å²) in [6.07, 6.45) is 2.30. The third-order valence-corrected chi connectivity index (χ3v) is 2.19. The van der Waals surface area contributed by atoms with Gasteiger partial charge < -0.3 is 15.7 Å². The van der Waals surface area contributed by atoms with Crippen molar-refractivity contribution in [1.82, 2.24) is 10.6 Å². The Morgan fingerprint density at radius 3 is 2.57 bits per heavy atom. The summed E-state index contributed by atoms with van der Waals surface area (Å²) >= 11 is 3.92. The molecule has 0 aromatic rings. The van der Waals surface area contributed by atoms with E-state index in [4.69, 9.17) is 5.11 Å². The van der Waals surface area contributed by atoms with Crippen LogP contribution in [-0.2, 0) is 4.79 Å². The van der Waals surface area contributed by atoms with Crippen LogP contribution in [-0.4, -0.2) is 34.9 Å². The highest BCUT2D eigenvalue weighted by Gasteiger charge is 2.25. The highest BCUT2D eigenvalue weighted by atomic mass is 32.1. The molecule has 1 atom stereocenters. The van der Waals surface area contributed by atoms with Gasteiger partial charge in [-0.1, -0.05) is 0 Å². The van der Waals surface area contributed by atoms with Gasteiger partial charge in [0.2, 0.25) is 0 Å². The fourth-order valence-corrected chi connectivity index (χ4v) is 1.26. The molecule has 0 spiro atoms. The summed E-state index contributed by atoms with van der Waals surface area (Å²) in [6, 6.07) is -1.01. The summed E-state index contributed by atoms with van der Waals surface area (Å²) in [5, 5.41) is 13.8. The number of aliphatic carboxylic acids is 1. The predicted molar refractivity (Wildman–Crippen MR) is 54.6 cm³/mol. The number of thiol groups is 1. The van der Waals surface area contributed by atoms with Gasteiger partial charge in [0.1, 0.15) is 6.04 Å². The van der Waals surface area contributed by atoms with E-state index in [1.807, 2.05) is 0 Å². The van der Waals surface area contributed by atoms with Crippen molar-refractivity contribution in [1.29, 1.82) is 0 Å². The molecule has 0 heterocycles. The molecule has 0 aromatic carbocycles. The van der Waals surface area contributed by atoms with Crippen molar-refractivity contribution >= 4 is 24.6 Å². The molecular weight excluding hydrogens is 204 g/mol. The lowest BCUT2D eigenvalue weighted by molar-refractivity contribution is -0.139. The standard InChI is InChI=1S/C8H14N2O3S/c11-7(12)6(3-4-14)10-8(13)9-5-1-2-5/h5-6,14H,1-4H2,(H,11,12)(H2,9,10,13). The molecule has 5 nitrogen and oxygen atoms in total. The number of amides is 2. The van der Waals surface area contributed by atoms with Gasteiger partial charge in [0, 0.05) is 6.04 Å². The van der Waals surface area contributed by atoms with Crippen LogP contribution in [0.25, 0.3) is 0 Å². The van der Waals surface area contributed by atoms with E-state index < -0.39 is 18.0 Å². The SMILES string of the molecule is O=C(NC1CC1)NC(CCS)C(=O)O. The number of carbonyl (C=O) groups excluding carboxylic acids is 1. The van der Waals surface area contributed by atoms with Gasteiger partial charge in [-0.15, -0.1) is 0 Å². The topological polar surface area (TPSA) is 78.4 Å². The van der Waals surface area contributed by atoms with E-state index in [1.165, 1.54) is 0 Å². The zero-order valence-electron chi connectivity index (χ0n) is 7.69. The number of hydrogen-bond donors (Lipinski definition) is 4. The van der Waals surface area contributed by atoms with Gasteiger partial charge in [0.15, 0.2) is 0 Å². The van der Waals surface area contributed by atoms with Gasteiger partial charge in [-0.25, -0.2) is 9.59 Å². The number of carboxylic acid groups (broad SMARTS) is 1. The van der Waals surface area contributed by atoms with Gasteiger partial charge in [-0.3, -0.25) is 0 Å².